The molecule has 0 amide bonds. The monoisotopic (exact) mass is 227 g/mol. The molecule has 0 aliphatic heterocycles. The fourth-order valence-electron chi connectivity index (χ4n) is 1.12. The van der Waals surface area contributed by atoms with Gasteiger partial charge in [0.25, 0.3) is 0 Å². The van der Waals surface area contributed by atoms with Crippen molar-refractivity contribution in [1.29, 1.82) is 0 Å². The molecule has 3 nitrogen and oxygen atoms in total. The minimum absolute atomic E-state index is 0.140. The van der Waals surface area contributed by atoms with Crippen LogP contribution in [0.5, 0.6) is 5.75 Å². The van der Waals surface area contributed by atoms with Crippen molar-refractivity contribution in [1.82, 2.24) is 5.32 Å². The highest BCUT2D eigenvalue weighted by Gasteiger charge is 2.05. The zero-order valence-corrected chi connectivity index (χ0v) is 9.88. The van der Waals surface area contributed by atoms with Gasteiger partial charge in [0, 0.05) is 16.7 Å². The number of hydrogen-bond donors (Lipinski definition) is 2. The highest BCUT2D eigenvalue weighted by molar-refractivity contribution is 7.99. The number of aliphatic hydroxyl groups is 1. The predicted octanol–water partition coefficient (Wildman–Crippen LogP) is 1.37. The Morgan fingerprint density at radius 3 is 2.93 bits per heavy atom. The van der Waals surface area contributed by atoms with Gasteiger partial charge >= 0.3 is 0 Å². The van der Waals surface area contributed by atoms with Gasteiger partial charge in [0.2, 0.25) is 0 Å². The summed E-state index contributed by atoms with van der Waals surface area (Å²) in [6, 6.07) is 8.06. The second-order valence-electron chi connectivity index (χ2n) is 3.16. The summed E-state index contributed by atoms with van der Waals surface area (Å²) in [6.45, 7) is 0.160. The summed E-state index contributed by atoms with van der Waals surface area (Å²) in [7, 11) is 3.51. The molecule has 1 rings (SSSR count). The van der Waals surface area contributed by atoms with E-state index in [1.54, 1.807) is 18.9 Å². The molecule has 0 bridgehead atoms. The first-order valence-electron chi connectivity index (χ1n) is 4.85. The van der Waals surface area contributed by atoms with E-state index >= 15 is 0 Å². The molecule has 0 radical (unpaired) electrons. The molecule has 0 saturated carbocycles. The average molecular weight is 227 g/mol. The standard InChI is InChI=1S/C11H17NO2S/c1-12-9(7-13)8-15-11-5-3-4-10(6-11)14-2/h3-6,9,12-13H,7-8H2,1-2H3. The Bertz CT molecular complexity index is 290. The number of benzene rings is 1. The normalized spacial score (nSPS) is 12.5. The first kappa shape index (κ1) is 12.4. The molecule has 0 heterocycles. The lowest BCUT2D eigenvalue weighted by molar-refractivity contribution is 0.260. The number of ether oxygens (including phenoxy) is 1. The van der Waals surface area contributed by atoms with E-state index in [0.29, 0.717) is 0 Å². The Balaban J connectivity index is 2.49. The van der Waals surface area contributed by atoms with Crippen LogP contribution in [0.3, 0.4) is 0 Å². The van der Waals surface area contributed by atoms with Gasteiger partial charge < -0.3 is 15.2 Å². The Labute approximate surface area is 94.8 Å². The van der Waals surface area contributed by atoms with Gasteiger partial charge in [-0.3, -0.25) is 0 Å². The molecular weight excluding hydrogens is 210 g/mol. The zero-order chi connectivity index (χ0) is 11.1. The highest BCUT2D eigenvalue weighted by atomic mass is 32.2. The number of likely N-dealkylation sites (N-methyl/N-ethyl adjacent to an activating group) is 1. The third-order valence-corrected chi connectivity index (χ3v) is 3.28. The van der Waals surface area contributed by atoms with Crippen LogP contribution in [0, 0.1) is 0 Å². The van der Waals surface area contributed by atoms with Crippen molar-refractivity contribution >= 4 is 11.8 Å². The molecule has 1 unspecified atom stereocenters. The Morgan fingerprint density at radius 1 is 1.53 bits per heavy atom. The van der Waals surface area contributed by atoms with E-state index in [2.05, 4.69) is 5.32 Å². The molecule has 0 spiro atoms. The molecule has 0 aliphatic carbocycles. The molecule has 2 N–H and O–H groups in total. The Hall–Kier alpha value is -0.710. The van der Waals surface area contributed by atoms with Crippen LogP contribution >= 0.6 is 11.8 Å². The topological polar surface area (TPSA) is 41.5 Å². The second kappa shape index (κ2) is 6.71. The van der Waals surface area contributed by atoms with Crippen LogP contribution in [0.2, 0.25) is 0 Å². The third-order valence-electron chi connectivity index (χ3n) is 2.12. The molecule has 0 saturated heterocycles. The largest absolute Gasteiger partial charge is 0.497 e. The van der Waals surface area contributed by atoms with Crippen molar-refractivity contribution in [3.8, 4) is 5.75 Å². The molecule has 4 heteroatoms. The Kier molecular flexibility index (Phi) is 5.53. The van der Waals surface area contributed by atoms with E-state index in [1.807, 2.05) is 31.3 Å². The molecule has 1 aromatic rings. The van der Waals surface area contributed by atoms with Gasteiger partial charge in [-0.05, 0) is 25.2 Å². The van der Waals surface area contributed by atoms with Crippen molar-refractivity contribution in [3.05, 3.63) is 24.3 Å². The van der Waals surface area contributed by atoms with Crippen molar-refractivity contribution in [3.63, 3.8) is 0 Å². The number of aliphatic hydroxyl groups excluding tert-OH is 1. The summed E-state index contributed by atoms with van der Waals surface area (Å²) in [6.07, 6.45) is 0. The van der Waals surface area contributed by atoms with E-state index < -0.39 is 0 Å². The van der Waals surface area contributed by atoms with E-state index in [9.17, 15) is 0 Å². The number of nitrogens with one attached hydrogen (secondary N) is 1. The zero-order valence-electron chi connectivity index (χ0n) is 9.06. The van der Waals surface area contributed by atoms with E-state index in [0.717, 1.165) is 16.4 Å². The maximum absolute atomic E-state index is 9.00. The van der Waals surface area contributed by atoms with Crippen LogP contribution in [-0.2, 0) is 0 Å². The lowest BCUT2D eigenvalue weighted by Gasteiger charge is -2.12. The summed E-state index contributed by atoms with van der Waals surface area (Å²) in [5.74, 6) is 1.71. The minimum atomic E-state index is 0.140. The third kappa shape index (κ3) is 4.11. The molecule has 0 fully saturated rings. The smallest absolute Gasteiger partial charge is 0.119 e. The number of thioether (sulfide) groups is 1. The molecule has 0 aliphatic rings. The van der Waals surface area contributed by atoms with Crippen LogP contribution in [0.25, 0.3) is 0 Å². The van der Waals surface area contributed by atoms with Gasteiger partial charge in [0.1, 0.15) is 5.75 Å². The fourth-order valence-corrected chi connectivity index (χ4v) is 2.16. The van der Waals surface area contributed by atoms with Crippen LogP contribution in [0.15, 0.2) is 29.2 Å². The molecule has 84 valence electrons. The van der Waals surface area contributed by atoms with Crippen LogP contribution in [0.4, 0.5) is 0 Å². The number of rotatable bonds is 6. The van der Waals surface area contributed by atoms with Crippen LogP contribution < -0.4 is 10.1 Å². The number of hydrogen-bond acceptors (Lipinski definition) is 4. The molecule has 1 atom stereocenters. The number of methoxy groups -OCH3 is 1. The first-order valence-corrected chi connectivity index (χ1v) is 5.83. The average Bonchev–Trinajstić information content (AvgIpc) is 2.31. The Morgan fingerprint density at radius 2 is 2.33 bits per heavy atom. The van der Waals surface area contributed by atoms with E-state index in [4.69, 9.17) is 9.84 Å². The van der Waals surface area contributed by atoms with Crippen molar-refractivity contribution in [2.45, 2.75) is 10.9 Å². The first-order chi connectivity index (χ1) is 7.30. The van der Waals surface area contributed by atoms with Gasteiger partial charge in [-0.15, -0.1) is 11.8 Å². The summed E-state index contributed by atoms with van der Waals surface area (Å²) < 4.78 is 5.14. The van der Waals surface area contributed by atoms with Crippen LogP contribution in [-0.4, -0.2) is 37.7 Å². The van der Waals surface area contributed by atoms with E-state index in [1.165, 1.54) is 0 Å². The summed E-state index contributed by atoms with van der Waals surface area (Å²) in [5.41, 5.74) is 0. The van der Waals surface area contributed by atoms with Crippen molar-refractivity contribution in [2.75, 3.05) is 26.5 Å². The summed E-state index contributed by atoms with van der Waals surface area (Å²) in [5, 5.41) is 12.1. The molecular formula is C11H17NO2S. The SMILES string of the molecule is CNC(CO)CSc1cccc(OC)c1. The van der Waals surface area contributed by atoms with Gasteiger partial charge in [0.15, 0.2) is 0 Å². The van der Waals surface area contributed by atoms with Gasteiger partial charge in [0.05, 0.1) is 13.7 Å². The summed E-state index contributed by atoms with van der Waals surface area (Å²) in [4.78, 5) is 1.16. The van der Waals surface area contributed by atoms with E-state index in [-0.39, 0.29) is 12.6 Å². The molecule has 15 heavy (non-hydrogen) atoms. The molecule has 1 aromatic carbocycles. The minimum Gasteiger partial charge on any atom is -0.497 e. The van der Waals surface area contributed by atoms with Gasteiger partial charge in [-0.25, -0.2) is 0 Å². The predicted molar refractivity (Wildman–Crippen MR) is 63.7 cm³/mol. The lowest BCUT2D eigenvalue weighted by atomic mass is 10.3. The van der Waals surface area contributed by atoms with Crippen molar-refractivity contribution < 1.29 is 9.84 Å². The lowest BCUT2D eigenvalue weighted by Crippen LogP contribution is -2.31. The van der Waals surface area contributed by atoms with Crippen LogP contribution in [0.1, 0.15) is 0 Å². The van der Waals surface area contributed by atoms with Crippen molar-refractivity contribution in [2.24, 2.45) is 0 Å². The molecule has 0 aromatic heterocycles. The maximum Gasteiger partial charge on any atom is 0.119 e. The quantitative estimate of drug-likeness (QED) is 0.720. The second-order valence-corrected chi connectivity index (χ2v) is 4.25. The van der Waals surface area contributed by atoms with Gasteiger partial charge in [-0.2, -0.15) is 0 Å². The highest BCUT2D eigenvalue weighted by Crippen LogP contribution is 2.23. The maximum atomic E-state index is 9.00. The summed E-state index contributed by atoms with van der Waals surface area (Å²) >= 11 is 1.70. The fraction of sp³-hybridized carbons (Fsp3) is 0.455. The van der Waals surface area contributed by atoms with Gasteiger partial charge in [-0.1, -0.05) is 6.07 Å².